The lowest BCUT2D eigenvalue weighted by atomic mass is 10.0. The Labute approximate surface area is 118 Å². The summed E-state index contributed by atoms with van der Waals surface area (Å²) in [5.74, 6) is -0.270. The van der Waals surface area contributed by atoms with Crippen LogP contribution in [-0.4, -0.2) is 29.5 Å². The number of piperazine rings is 1. The first-order valence-corrected chi connectivity index (χ1v) is 6.92. The zero-order chi connectivity index (χ0) is 13.8. The normalized spacial score (nSPS) is 19.9. The molecule has 1 atom stereocenters. The topological polar surface area (TPSA) is 28.2 Å². The summed E-state index contributed by atoms with van der Waals surface area (Å²) in [6.07, 6.45) is 2.99. The van der Waals surface area contributed by atoms with Crippen molar-refractivity contribution in [1.82, 2.24) is 15.2 Å². The van der Waals surface area contributed by atoms with Crippen LogP contribution in [0, 0.1) is 5.82 Å². The van der Waals surface area contributed by atoms with Crippen molar-refractivity contribution >= 4 is 0 Å². The van der Waals surface area contributed by atoms with Crippen LogP contribution >= 0.6 is 0 Å². The summed E-state index contributed by atoms with van der Waals surface area (Å²) in [7, 11) is 0. The second-order valence-corrected chi connectivity index (χ2v) is 5.11. The van der Waals surface area contributed by atoms with Crippen molar-refractivity contribution in [2.24, 2.45) is 0 Å². The molecule has 20 heavy (non-hydrogen) atoms. The highest BCUT2D eigenvalue weighted by Gasteiger charge is 2.23. The third-order valence-corrected chi connectivity index (χ3v) is 3.69. The summed E-state index contributed by atoms with van der Waals surface area (Å²) in [6, 6.07) is 12.3. The molecule has 3 nitrogen and oxygen atoms in total. The molecule has 0 bridgehead atoms. The van der Waals surface area contributed by atoms with E-state index in [-0.39, 0.29) is 5.82 Å². The molecule has 1 aliphatic heterocycles. The van der Waals surface area contributed by atoms with Gasteiger partial charge in [-0.15, -0.1) is 0 Å². The van der Waals surface area contributed by atoms with E-state index < -0.39 is 0 Å². The van der Waals surface area contributed by atoms with E-state index in [2.05, 4.69) is 39.5 Å². The lowest BCUT2D eigenvalue weighted by Crippen LogP contribution is -2.45. The number of benzene rings is 1. The van der Waals surface area contributed by atoms with Crippen LogP contribution in [0.2, 0.25) is 0 Å². The molecule has 104 valence electrons. The molecule has 1 saturated heterocycles. The van der Waals surface area contributed by atoms with Gasteiger partial charge in [0.15, 0.2) is 0 Å². The number of nitrogens with zero attached hydrogens (tertiary/aromatic N) is 2. The van der Waals surface area contributed by atoms with E-state index in [1.165, 1.54) is 11.8 Å². The quantitative estimate of drug-likeness (QED) is 0.929. The van der Waals surface area contributed by atoms with Gasteiger partial charge in [-0.1, -0.05) is 30.3 Å². The van der Waals surface area contributed by atoms with Crippen molar-refractivity contribution in [3.63, 3.8) is 0 Å². The largest absolute Gasteiger partial charge is 0.314 e. The average Bonchev–Trinajstić information content (AvgIpc) is 2.49. The second kappa shape index (κ2) is 6.11. The highest BCUT2D eigenvalue weighted by atomic mass is 19.1. The van der Waals surface area contributed by atoms with E-state index in [0.29, 0.717) is 6.04 Å². The van der Waals surface area contributed by atoms with Crippen molar-refractivity contribution < 1.29 is 4.39 Å². The number of aromatic nitrogens is 1. The van der Waals surface area contributed by atoms with Gasteiger partial charge < -0.3 is 5.32 Å². The molecule has 1 aliphatic rings. The van der Waals surface area contributed by atoms with Gasteiger partial charge in [0.25, 0.3) is 0 Å². The van der Waals surface area contributed by atoms with Crippen molar-refractivity contribution in [3.05, 3.63) is 65.7 Å². The average molecular weight is 271 g/mol. The maximum atomic E-state index is 13.2. The molecule has 1 fully saturated rings. The Kier molecular flexibility index (Phi) is 4.04. The van der Waals surface area contributed by atoms with Crippen LogP contribution in [0.3, 0.4) is 0 Å². The first-order valence-electron chi connectivity index (χ1n) is 6.92. The van der Waals surface area contributed by atoms with Gasteiger partial charge in [-0.3, -0.25) is 9.88 Å². The summed E-state index contributed by atoms with van der Waals surface area (Å²) in [4.78, 5) is 6.31. The van der Waals surface area contributed by atoms with E-state index in [9.17, 15) is 4.39 Å². The monoisotopic (exact) mass is 271 g/mol. The van der Waals surface area contributed by atoms with Crippen LogP contribution in [0.4, 0.5) is 4.39 Å². The predicted molar refractivity (Wildman–Crippen MR) is 76.7 cm³/mol. The smallest absolute Gasteiger partial charge is 0.141 e. The molecule has 3 rings (SSSR count). The molecule has 1 aromatic carbocycles. The van der Waals surface area contributed by atoms with E-state index in [4.69, 9.17) is 0 Å². The SMILES string of the molecule is Fc1cncc(CN2CCNCC2c2ccccc2)c1. The van der Waals surface area contributed by atoms with Gasteiger partial charge in [-0.05, 0) is 17.2 Å². The van der Waals surface area contributed by atoms with Gasteiger partial charge in [0, 0.05) is 38.4 Å². The zero-order valence-electron chi connectivity index (χ0n) is 11.3. The number of hydrogen-bond donors (Lipinski definition) is 1. The van der Waals surface area contributed by atoms with Crippen LogP contribution in [0.15, 0.2) is 48.8 Å². The molecule has 0 aliphatic carbocycles. The van der Waals surface area contributed by atoms with Crippen molar-refractivity contribution in [2.75, 3.05) is 19.6 Å². The van der Waals surface area contributed by atoms with Gasteiger partial charge in [0.2, 0.25) is 0 Å². The number of halogens is 1. The molecule has 1 aromatic heterocycles. The molecule has 2 aromatic rings. The fraction of sp³-hybridized carbons (Fsp3) is 0.312. The Morgan fingerprint density at radius 2 is 2.10 bits per heavy atom. The van der Waals surface area contributed by atoms with Crippen LogP contribution in [0.25, 0.3) is 0 Å². The Balaban J connectivity index is 1.79. The second-order valence-electron chi connectivity index (χ2n) is 5.11. The Hall–Kier alpha value is -1.78. The fourth-order valence-electron chi connectivity index (χ4n) is 2.72. The molecule has 2 heterocycles. The molecular weight excluding hydrogens is 253 g/mol. The summed E-state index contributed by atoms with van der Waals surface area (Å²) in [5, 5.41) is 3.43. The standard InChI is InChI=1S/C16H18FN3/c17-15-8-13(9-19-10-15)12-20-7-6-18-11-16(20)14-4-2-1-3-5-14/h1-5,8-10,16,18H,6-7,11-12H2. The lowest BCUT2D eigenvalue weighted by molar-refractivity contribution is 0.153. The van der Waals surface area contributed by atoms with Gasteiger partial charge in [0.05, 0.1) is 6.20 Å². The molecular formula is C16H18FN3. The number of pyridine rings is 1. The minimum absolute atomic E-state index is 0.270. The van der Waals surface area contributed by atoms with Crippen molar-refractivity contribution in [1.29, 1.82) is 0 Å². The van der Waals surface area contributed by atoms with E-state index in [1.54, 1.807) is 12.3 Å². The Morgan fingerprint density at radius 3 is 2.90 bits per heavy atom. The number of nitrogens with one attached hydrogen (secondary N) is 1. The number of rotatable bonds is 3. The fourth-order valence-corrected chi connectivity index (χ4v) is 2.72. The molecule has 1 N–H and O–H groups in total. The van der Waals surface area contributed by atoms with E-state index in [1.807, 2.05) is 6.07 Å². The van der Waals surface area contributed by atoms with Crippen molar-refractivity contribution in [2.45, 2.75) is 12.6 Å². The van der Waals surface area contributed by atoms with Crippen LogP contribution in [0.5, 0.6) is 0 Å². The molecule has 1 unspecified atom stereocenters. The van der Waals surface area contributed by atoms with E-state index in [0.717, 1.165) is 31.7 Å². The summed E-state index contributed by atoms with van der Waals surface area (Å²) >= 11 is 0. The highest BCUT2D eigenvalue weighted by Crippen LogP contribution is 2.23. The molecule has 0 spiro atoms. The van der Waals surface area contributed by atoms with Gasteiger partial charge in [-0.2, -0.15) is 0 Å². The molecule has 0 saturated carbocycles. The summed E-state index contributed by atoms with van der Waals surface area (Å²) in [6.45, 7) is 3.57. The summed E-state index contributed by atoms with van der Waals surface area (Å²) < 4.78 is 13.2. The molecule has 0 radical (unpaired) electrons. The van der Waals surface area contributed by atoms with E-state index >= 15 is 0 Å². The first-order chi connectivity index (χ1) is 9.83. The minimum atomic E-state index is -0.270. The number of hydrogen-bond acceptors (Lipinski definition) is 3. The molecule has 0 amide bonds. The highest BCUT2D eigenvalue weighted by molar-refractivity contribution is 5.21. The predicted octanol–water partition coefficient (Wildman–Crippen LogP) is 2.37. The van der Waals surface area contributed by atoms with Gasteiger partial charge >= 0.3 is 0 Å². The minimum Gasteiger partial charge on any atom is -0.314 e. The Bertz CT molecular complexity index is 559. The lowest BCUT2D eigenvalue weighted by Gasteiger charge is -2.36. The maximum absolute atomic E-state index is 13.2. The van der Waals surface area contributed by atoms with Crippen LogP contribution < -0.4 is 5.32 Å². The van der Waals surface area contributed by atoms with Crippen molar-refractivity contribution in [3.8, 4) is 0 Å². The Morgan fingerprint density at radius 1 is 1.25 bits per heavy atom. The molecule has 4 heteroatoms. The third kappa shape index (κ3) is 3.03. The van der Waals surface area contributed by atoms with Gasteiger partial charge in [0.1, 0.15) is 5.82 Å². The summed E-state index contributed by atoms with van der Waals surface area (Å²) in [5.41, 5.74) is 2.22. The van der Waals surface area contributed by atoms with Crippen LogP contribution in [0.1, 0.15) is 17.2 Å². The maximum Gasteiger partial charge on any atom is 0.141 e. The third-order valence-electron chi connectivity index (χ3n) is 3.69. The van der Waals surface area contributed by atoms with Crippen LogP contribution in [-0.2, 0) is 6.54 Å². The van der Waals surface area contributed by atoms with Gasteiger partial charge in [-0.25, -0.2) is 4.39 Å². The first kappa shape index (κ1) is 13.2. The zero-order valence-corrected chi connectivity index (χ0v) is 11.3.